The first kappa shape index (κ1) is 15.9. The second kappa shape index (κ2) is 5.59. The second-order valence-electron chi connectivity index (χ2n) is 6.41. The molecule has 0 unspecified atom stereocenters. The normalized spacial score (nSPS) is 11.6. The number of nitrogens with one attached hydrogen (secondary N) is 2. The molecule has 0 aliphatic carbocycles. The van der Waals surface area contributed by atoms with Crippen LogP contribution >= 0.6 is 11.6 Å². The molecule has 0 atom stereocenters. The average molecular weight is 377 g/mol. The van der Waals surface area contributed by atoms with Gasteiger partial charge in [-0.2, -0.15) is 0 Å². The van der Waals surface area contributed by atoms with Crippen LogP contribution in [0.4, 0.5) is 0 Å². The standard InChI is InChI=1S/C21H13ClN2O3/c1-27-11-3-5-17-13(7-11)15(9-24-17)19-18(20(25)21(19)26)14-8-23-16-4-2-10(22)6-12(14)16/h2-9,23-24H,1H3. The third kappa shape index (κ3) is 2.18. The molecule has 0 aliphatic heterocycles. The summed E-state index contributed by atoms with van der Waals surface area (Å²) in [4.78, 5) is 31.2. The van der Waals surface area contributed by atoms with Gasteiger partial charge in [-0.05, 0) is 36.4 Å². The van der Waals surface area contributed by atoms with Gasteiger partial charge in [-0.15, -0.1) is 0 Å². The average Bonchev–Trinajstić information content (AvgIpc) is 3.28. The van der Waals surface area contributed by atoms with Gasteiger partial charge in [-0.25, -0.2) is 0 Å². The Labute approximate surface area is 157 Å². The number of methoxy groups -OCH3 is 1. The van der Waals surface area contributed by atoms with Crippen LogP contribution in [-0.4, -0.2) is 17.1 Å². The van der Waals surface area contributed by atoms with Crippen molar-refractivity contribution >= 4 is 33.4 Å². The van der Waals surface area contributed by atoms with Crippen molar-refractivity contribution in [2.75, 3.05) is 7.11 Å². The zero-order chi connectivity index (χ0) is 18.7. The topological polar surface area (TPSA) is 75.0 Å². The molecule has 2 heterocycles. The number of hydrogen-bond donors (Lipinski definition) is 2. The van der Waals surface area contributed by atoms with Crippen molar-refractivity contribution in [2.24, 2.45) is 0 Å². The summed E-state index contributed by atoms with van der Waals surface area (Å²) in [7, 11) is 1.59. The summed E-state index contributed by atoms with van der Waals surface area (Å²) in [6.45, 7) is 0. The minimum absolute atomic E-state index is 0.414. The van der Waals surface area contributed by atoms with E-state index in [9.17, 15) is 9.59 Å². The van der Waals surface area contributed by atoms with Crippen LogP contribution in [0.25, 0.3) is 44.1 Å². The summed E-state index contributed by atoms with van der Waals surface area (Å²) < 4.78 is 5.29. The van der Waals surface area contributed by atoms with Crippen LogP contribution in [0.3, 0.4) is 0 Å². The number of rotatable bonds is 3. The molecule has 2 aromatic heterocycles. The lowest BCUT2D eigenvalue weighted by molar-refractivity contribution is 0.415. The predicted molar refractivity (Wildman–Crippen MR) is 108 cm³/mol. The monoisotopic (exact) mass is 376 g/mol. The number of aromatic nitrogens is 2. The van der Waals surface area contributed by atoms with E-state index < -0.39 is 10.9 Å². The molecule has 5 aromatic rings. The maximum Gasteiger partial charge on any atom is 0.235 e. The van der Waals surface area contributed by atoms with E-state index >= 15 is 0 Å². The first-order valence-electron chi connectivity index (χ1n) is 8.34. The molecule has 0 saturated heterocycles. The van der Waals surface area contributed by atoms with Crippen molar-refractivity contribution in [3.05, 3.63) is 74.3 Å². The molecule has 0 saturated carbocycles. The van der Waals surface area contributed by atoms with Crippen molar-refractivity contribution in [1.82, 2.24) is 9.97 Å². The molecular formula is C21H13ClN2O3. The van der Waals surface area contributed by atoms with Crippen LogP contribution in [0.2, 0.25) is 5.02 Å². The molecule has 0 bridgehead atoms. The van der Waals surface area contributed by atoms with E-state index in [2.05, 4.69) is 9.97 Å². The van der Waals surface area contributed by atoms with Crippen molar-refractivity contribution in [2.45, 2.75) is 0 Å². The number of ether oxygens (including phenoxy) is 1. The van der Waals surface area contributed by atoms with Crippen molar-refractivity contribution in [3.8, 4) is 28.0 Å². The molecule has 27 heavy (non-hydrogen) atoms. The number of halogens is 1. The van der Waals surface area contributed by atoms with Crippen LogP contribution < -0.4 is 15.6 Å². The number of aromatic amines is 2. The molecule has 0 fully saturated rings. The maximum atomic E-state index is 12.5. The highest BCUT2D eigenvalue weighted by molar-refractivity contribution is 6.31. The van der Waals surface area contributed by atoms with E-state index in [0.29, 0.717) is 33.0 Å². The molecule has 2 N–H and O–H groups in total. The molecule has 0 amide bonds. The Hall–Kier alpha value is -3.31. The summed E-state index contributed by atoms with van der Waals surface area (Å²) in [6, 6.07) is 11.0. The predicted octanol–water partition coefficient (Wildman–Crippen LogP) is 4.24. The zero-order valence-corrected chi connectivity index (χ0v) is 15.0. The van der Waals surface area contributed by atoms with E-state index in [1.807, 2.05) is 24.3 Å². The summed E-state index contributed by atoms with van der Waals surface area (Å²) in [5, 5.41) is 2.22. The Balaban J connectivity index is 1.79. The van der Waals surface area contributed by atoms with Gasteiger partial charge in [-0.3, -0.25) is 9.59 Å². The first-order chi connectivity index (χ1) is 13.1. The lowest BCUT2D eigenvalue weighted by Gasteiger charge is -2.10. The second-order valence-corrected chi connectivity index (χ2v) is 6.85. The molecule has 0 spiro atoms. The molecular weight excluding hydrogens is 364 g/mol. The van der Waals surface area contributed by atoms with Crippen molar-refractivity contribution in [1.29, 1.82) is 0 Å². The number of H-pyrrole nitrogens is 2. The molecule has 132 valence electrons. The van der Waals surface area contributed by atoms with Crippen LogP contribution in [0.5, 0.6) is 5.75 Å². The molecule has 5 rings (SSSR count). The Kier molecular flexibility index (Phi) is 3.29. The van der Waals surface area contributed by atoms with Gasteiger partial charge in [0.25, 0.3) is 0 Å². The first-order valence-corrected chi connectivity index (χ1v) is 8.72. The fourth-order valence-corrected chi connectivity index (χ4v) is 3.81. The minimum Gasteiger partial charge on any atom is -0.497 e. The number of fused-ring (bicyclic) bond motifs is 2. The van der Waals surface area contributed by atoms with Crippen LogP contribution in [-0.2, 0) is 0 Å². The summed E-state index contributed by atoms with van der Waals surface area (Å²) in [5.74, 6) is 0.683. The number of hydrogen-bond acceptors (Lipinski definition) is 3. The third-order valence-corrected chi connectivity index (χ3v) is 5.22. The fraction of sp³-hybridized carbons (Fsp3) is 0.0476. The Morgan fingerprint density at radius 3 is 1.96 bits per heavy atom. The molecule has 6 heteroatoms. The summed E-state index contributed by atoms with van der Waals surface area (Å²) in [5.41, 5.74) is 2.97. The molecule has 3 aromatic carbocycles. The van der Waals surface area contributed by atoms with Gasteiger partial charge >= 0.3 is 0 Å². The van der Waals surface area contributed by atoms with Gasteiger partial charge in [0.05, 0.1) is 7.11 Å². The van der Waals surface area contributed by atoms with Crippen LogP contribution in [0, 0.1) is 0 Å². The van der Waals surface area contributed by atoms with E-state index in [1.165, 1.54) is 0 Å². The zero-order valence-electron chi connectivity index (χ0n) is 14.2. The maximum absolute atomic E-state index is 12.5. The van der Waals surface area contributed by atoms with Gasteiger partial charge in [0, 0.05) is 61.5 Å². The van der Waals surface area contributed by atoms with Gasteiger partial charge in [0.2, 0.25) is 10.9 Å². The van der Waals surface area contributed by atoms with Crippen LogP contribution in [0.15, 0.2) is 58.4 Å². The largest absolute Gasteiger partial charge is 0.497 e. The minimum atomic E-state index is -0.483. The van der Waals surface area contributed by atoms with Gasteiger partial charge in [0.15, 0.2) is 0 Å². The smallest absolute Gasteiger partial charge is 0.235 e. The van der Waals surface area contributed by atoms with Gasteiger partial charge in [0.1, 0.15) is 5.75 Å². The molecule has 0 aliphatic rings. The van der Waals surface area contributed by atoms with Crippen molar-refractivity contribution < 1.29 is 4.74 Å². The Morgan fingerprint density at radius 1 is 0.815 bits per heavy atom. The quantitative estimate of drug-likeness (QED) is 0.462. The summed E-state index contributed by atoms with van der Waals surface area (Å²) >= 11 is 6.13. The Morgan fingerprint density at radius 2 is 1.37 bits per heavy atom. The highest BCUT2D eigenvalue weighted by Gasteiger charge is 2.27. The fourth-order valence-electron chi connectivity index (χ4n) is 3.64. The van der Waals surface area contributed by atoms with Crippen LogP contribution in [0.1, 0.15) is 0 Å². The highest BCUT2D eigenvalue weighted by Crippen LogP contribution is 2.38. The summed E-state index contributed by atoms with van der Waals surface area (Å²) in [6.07, 6.45) is 3.50. The third-order valence-electron chi connectivity index (χ3n) is 4.98. The Bertz CT molecular complexity index is 1420. The van der Waals surface area contributed by atoms with Gasteiger partial charge in [-0.1, -0.05) is 11.6 Å². The molecule has 0 radical (unpaired) electrons. The molecule has 5 nitrogen and oxygen atoms in total. The van der Waals surface area contributed by atoms with Crippen molar-refractivity contribution in [3.63, 3.8) is 0 Å². The highest BCUT2D eigenvalue weighted by atomic mass is 35.5. The van der Waals surface area contributed by atoms with E-state index in [4.69, 9.17) is 16.3 Å². The lowest BCUT2D eigenvalue weighted by Crippen LogP contribution is -2.34. The number of benzene rings is 2. The van der Waals surface area contributed by atoms with E-state index in [0.717, 1.165) is 21.8 Å². The van der Waals surface area contributed by atoms with E-state index in [1.54, 1.807) is 31.6 Å². The SMILES string of the molecule is COc1ccc2[nH]cc(-c3c(-c4c[nH]c5ccc(Cl)cc45)c(=O)c3=O)c2c1. The van der Waals surface area contributed by atoms with Gasteiger partial charge < -0.3 is 14.7 Å². The lowest BCUT2D eigenvalue weighted by atomic mass is 9.89. The van der Waals surface area contributed by atoms with E-state index in [-0.39, 0.29) is 0 Å².